The zero-order valence-electron chi connectivity index (χ0n) is 16.6. The molecule has 0 saturated heterocycles. The van der Waals surface area contributed by atoms with E-state index in [0.29, 0.717) is 11.5 Å². The zero-order valence-corrected chi connectivity index (χ0v) is 16.6. The number of carbonyl (C=O) groups is 2. The lowest BCUT2D eigenvalue weighted by Gasteiger charge is -2.13. The molecule has 2 heterocycles. The van der Waals surface area contributed by atoms with Gasteiger partial charge < -0.3 is 20.9 Å². The number of nitrogens with two attached hydrogens (primary N) is 1. The Balaban J connectivity index is 1.64. The molecule has 0 fully saturated rings. The second-order valence-electron chi connectivity index (χ2n) is 6.86. The van der Waals surface area contributed by atoms with Gasteiger partial charge in [-0.3, -0.25) is 14.4 Å². The fourth-order valence-corrected chi connectivity index (χ4v) is 2.88. The first-order chi connectivity index (χ1) is 14.4. The van der Waals surface area contributed by atoms with Crippen molar-refractivity contribution < 1.29 is 9.59 Å². The normalized spacial score (nSPS) is 10.4. The number of rotatable bonds is 7. The summed E-state index contributed by atoms with van der Waals surface area (Å²) in [6.45, 7) is 1.84. The molecular weight excluding hydrogens is 382 g/mol. The SMILES string of the molecule is Cc1ccc(NC(=O)Cc2ccccc2)c(=O)n1CC(=O)NCc1ccc(N)nc1. The minimum atomic E-state index is -0.430. The van der Waals surface area contributed by atoms with Crippen LogP contribution in [0.15, 0.2) is 65.6 Å². The van der Waals surface area contributed by atoms with E-state index < -0.39 is 5.56 Å². The summed E-state index contributed by atoms with van der Waals surface area (Å²) in [6.07, 6.45) is 1.74. The van der Waals surface area contributed by atoms with Crippen LogP contribution >= 0.6 is 0 Å². The van der Waals surface area contributed by atoms with Crippen LogP contribution in [0.3, 0.4) is 0 Å². The lowest BCUT2D eigenvalue weighted by molar-refractivity contribution is -0.122. The molecule has 8 nitrogen and oxygen atoms in total. The number of hydrogen-bond acceptors (Lipinski definition) is 5. The van der Waals surface area contributed by atoms with Crippen LogP contribution in [0.4, 0.5) is 11.5 Å². The van der Waals surface area contributed by atoms with Crippen LogP contribution in [-0.4, -0.2) is 21.4 Å². The summed E-state index contributed by atoms with van der Waals surface area (Å²) in [6, 6.07) is 15.9. The molecule has 0 radical (unpaired) electrons. The van der Waals surface area contributed by atoms with Crippen molar-refractivity contribution in [3.05, 3.63) is 88.0 Å². The van der Waals surface area contributed by atoms with Crippen LogP contribution in [-0.2, 0) is 29.1 Å². The third-order valence-corrected chi connectivity index (χ3v) is 4.51. The highest BCUT2D eigenvalue weighted by Crippen LogP contribution is 2.06. The molecule has 30 heavy (non-hydrogen) atoms. The van der Waals surface area contributed by atoms with Gasteiger partial charge in [-0.05, 0) is 36.2 Å². The molecule has 0 spiro atoms. The molecule has 2 aromatic heterocycles. The fourth-order valence-electron chi connectivity index (χ4n) is 2.88. The number of nitrogens with one attached hydrogen (secondary N) is 2. The monoisotopic (exact) mass is 405 g/mol. The Labute approximate surface area is 173 Å². The number of hydrogen-bond donors (Lipinski definition) is 3. The molecule has 0 atom stereocenters. The van der Waals surface area contributed by atoms with E-state index in [1.165, 1.54) is 4.57 Å². The molecule has 3 rings (SSSR count). The van der Waals surface area contributed by atoms with Crippen molar-refractivity contribution >= 4 is 23.3 Å². The van der Waals surface area contributed by atoms with Crippen LogP contribution < -0.4 is 21.9 Å². The van der Waals surface area contributed by atoms with Gasteiger partial charge in [-0.15, -0.1) is 0 Å². The Bertz CT molecular complexity index is 1090. The molecule has 8 heteroatoms. The van der Waals surface area contributed by atoms with Gasteiger partial charge in [-0.25, -0.2) is 4.98 Å². The van der Waals surface area contributed by atoms with E-state index in [2.05, 4.69) is 15.6 Å². The number of nitrogens with zero attached hydrogens (tertiary/aromatic N) is 2. The van der Waals surface area contributed by atoms with E-state index in [1.54, 1.807) is 37.4 Å². The van der Waals surface area contributed by atoms with E-state index in [0.717, 1.165) is 11.1 Å². The molecule has 0 unspecified atom stereocenters. The van der Waals surface area contributed by atoms with Crippen molar-refractivity contribution in [3.8, 4) is 0 Å². The number of amides is 2. The first kappa shape index (κ1) is 20.8. The highest BCUT2D eigenvalue weighted by molar-refractivity contribution is 5.92. The Morgan fingerprint density at radius 3 is 2.47 bits per heavy atom. The first-order valence-electron chi connectivity index (χ1n) is 9.43. The number of aryl methyl sites for hydroxylation is 1. The summed E-state index contributed by atoms with van der Waals surface area (Å²) in [4.78, 5) is 41.3. The van der Waals surface area contributed by atoms with E-state index >= 15 is 0 Å². The van der Waals surface area contributed by atoms with Crippen molar-refractivity contribution in [2.75, 3.05) is 11.1 Å². The molecular formula is C22H23N5O3. The van der Waals surface area contributed by atoms with Gasteiger partial charge >= 0.3 is 0 Å². The van der Waals surface area contributed by atoms with Crippen LogP contribution in [0.2, 0.25) is 0 Å². The average molecular weight is 405 g/mol. The number of anilines is 2. The number of benzene rings is 1. The van der Waals surface area contributed by atoms with Crippen molar-refractivity contribution in [3.63, 3.8) is 0 Å². The highest BCUT2D eigenvalue weighted by Gasteiger charge is 2.13. The summed E-state index contributed by atoms with van der Waals surface area (Å²) in [5.41, 5.74) is 7.51. The van der Waals surface area contributed by atoms with Crippen LogP contribution in [0.1, 0.15) is 16.8 Å². The fraction of sp³-hybridized carbons (Fsp3) is 0.182. The second-order valence-corrected chi connectivity index (χ2v) is 6.86. The molecule has 2 amide bonds. The molecule has 0 saturated carbocycles. The van der Waals surface area contributed by atoms with Gasteiger partial charge in [-0.1, -0.05) is 36.4 Å². The van der Waals surface area contributed by atoms with Gasteiger partial charge in [0.15, 0.2) is 0 Å². The molecule has 0 aliphatic rings. The Hall–Kier alpha value is -3.94. The molecule has 4 N–H and O–H groups in total. The van der Waals surface area contributed by atoms with Crippen LogP contribution in [0.25, 0.3) is 0 Å². The largest absolute Gasteiger partial charge is 0.384 e. The summed E-state index contributed by atoms with van der Waals surface area (Å²) in [7, 11) is 0. The molecule has 0 bridgehead atoms. The minimum Gasteiger partial charge on any atom is -0.384 e. The molecule has 0 aliphatic heterocycles. The van der Waals surface area contributed by atoms with E-state index in [1.807, 2.05) is 30.3 Å². The van der Waals surface area contributed by atoms with E-state index in [4.69, 9.17) is 5.73 Å². The van der Waals surface area contributed by atoms with E-state index in [9.17, 15) is 14.4 Å². The van der Waals surface area contributed by atoms with Crippen LogP contribution in [0, 0.1) is 6.92 Å². The predicted molar refractivity (Wildman–Crippen MR) is 115 cm³/mol. The maximum absolute atomic E-state index is 12.8. The van der Waals surface area contributed by atoms with Crippen molar-refractivity contribution in [2.45, 2.75) is 26.4 Å². The second kappa shape index (κ2) is 9.51. The first-order valence-corrected chi connectivity index (χ1v) is 9.43. The van der Waals surface area contributed by atoms with Gasteiger partial charge in [0.2, 0.25) is 11.8 Å². The van der Waals surface area contributed by atoms with Gasteiger partial charge in [0.25, 0.3) is 5.56 Å². The Morgan fingerprint density at radius 1 is 1.00 bits per heavy atom. The number of carbonyl (C=O) groups excluding carboxylic acids is 2. The quantitative estimate of drug-likeness (QED) is 0.552. The van der Waals surface area contributed by atoms with Crippen molar-refractivity contribution in [1.82, 2.24) is 14.9 Å². The van der Waals surface area contributed by atoms with Crippen LogP contribution in [0.5, 0.6) is 0 Å². The lowest BCUT2D eigenvalue weighted by atomic mass is 10.1. The Morgan fingerprint density at radius 2 is 1.77 bits per heavy atom. The van der Waals surface area contributed by atoms with Crippen molar-refractivity contribution in [2.24, 2.45) is 0 Å². The molecule has 0 aliphatic carbocycles. The minimum absolute atomic E-state index is 0.136. The maximum Gasteiger partial charge on any atom is 0.274 e. The summed E-state index contributed by atoms with van der Waals surface area (Å²) in [5.74, 6) is -0.225. The van der Waals surface area contributed by atoms with E-state index in [-0.39, 0.29) is 37.0 Å². The maximum atomic E-state index is 12.8. The number of aromatic nitrogens is 2. The number of pyridine rings is 2. The summed E-state index contributed by atoms with van der Waals surface area (Å²) >= 11 is 0. The van der Waals surface area contributed by atoms with Gasteiger partial charge in [0.05, 0.1) is 6.42 Å². The predicted octanol–water partition coefficient (Wildman–Crippen LogP) is 1.63. The molecule has 3 aromatic rings. The third-order valence-electron chi connectivity index (χ3n) is 4.51. The average Bonchev–Trinajstić information content (AvgIpc) is 2.73. The highest BCUT2D eigenvalue weighted by atomic mass is 16.2. The van der Waals surface area contributed by atoms with Gasteiger partial charge in [0.1, 0.15) is 18.1 Å². The Kier molecular flexibility index (Phi) is 6.59. The van der Waals surface area contributed by atoms with Gasteiger partial charge in [-0.2, -0.15) is 0 Å². The molecule has 154 valence electrons. The standard InChI is InChI=1S/C22H23N5O3/c1-15-7-9-18(26-20(28)11-16-5-3-2-4-6-16)22(30)27(15)14-21(29)25-13-17-8-10-19(23)24-12-17/h2-10,12H,11,13-14H2,1H3,(H2,23,24)(H,25,29)(H,26,28). The smallest absolute Gasteiger partial charge is 0.274 e. The summed E-state index contributed by atoms with van der Waals surface area (Å²) < 4.78 is 1.33. The van der Waals surface area contributed by atoms with Gasteiger partial charge in [0, 0.05) is 18.4 Å². The topological polar surface area (TPSA) is 119 Å². The lowest BCUT2D eigenvalue weighted by Crippen LogP contribution is -2.34. The summed E-state index contributed by atoms with van der Waals surface area (Å²) in [5, 5.41) is 5.39. The molecule has 1 aromatic carbocycles. The third kappa shape index (κ3) is 5.54. The van der Waals surface area contributed by atoms with Crippen molar-refractivity contribution in [1.29, 1.82) is 0 Å². The zero-order chi connectivity index (χ0) is 21.5. The number of nitrogen functional groups attached to an aromatic ring is 1.